The Morgan fingerprint density at radius 3 is 3.16 bits per heavy atom. The largest absolute Gasteiger partial charge is 0.491 e. The molecule has 0 aliphatic carbocycles. The molecule has 0 saturated carbocycles. The predicted octanol–water partition coefficient (Wildman–Crippen LogP) is 1.99. The molecule has 1 amide bonds. The van der Waals surface area contributed by atoms with E-state index in [0.717, 1.165) is 16.3 Å². The molecule has 5 nitrogen and oxygen atoms in total. The van der Waals surface area contributed by atoms with E-state index in [2.05, 4.69) is 10.3 Å². The third-order valence-corrected chi connectivity index (χ3v) is 3.79. The number of fused-ring (bicyclic) bond motifs is 1. The third kappa shape index (κ3) is 2.45. The maximum Gasteiger partial charge on any atom is 0.227 e. The van der Waals surface area contributed by atoms with Gasteiger partial charge < -0.3 is 15.8 Å². The molecular weight excluding hydrogens is 262 g/mol. The molecule has 1 aromatic heterocycles. The summed E-state index contributed by atoms with van der Waals surface area (Å²) in [5, 5.41) is 5.67. The summed E-state index contributed by atoms with van der Waals surface area (Å²) in [6.45, 7) is 0.841. The van der Waals surface area contributed by atoms with Gasteiger partial charge in [-0.3, -0.25) is 4.79 Å². The number of nitrogens with zero attached hydrogens (tertiary/aromatic N) is 1. The lowest BCUT2D eigenvalue weighted by Crippen LogP contribution is -2.10. The number of nitrogens with one attached hydrogen (secondary N) is 1. The molecule has 0 unspecified atom stereocenters. The lowest BCUT2D eigenvalue weighted by atomic mass is 10.2. The summed E-state index contributed by atoms with van der Waals surface area (Å²) in [4.78, 5) is 16.0. The fraction of sp³-hybridized carbons (Fsp3) is 0.231. The molecule has 0 bridgehead atoms. The zero-order valence-electron chi connectivity index (χ0n) is 10.2. The fourth-order valence-corrected chi connectivity index (χ4v) is 2.72. The van der Waals surface area contributed by atoms with Crippen LogP contribution >= 0.6 is 11.3 Å². The van der Waals surface area contributed by atoms with Crippen molar-refractivity contribution in [1.29, 1.82) is 0 Å². The van der Waals surface area contributed by atoms with Gasteiger partial charge in [0.1, 0.15) is 10.8 Å². The minimum atomic E-state index is -0.0299. The van der Waals surface area contributed by atoms with Crippen LogP contribution in [0.1, 0.15) is 12.1 Å². The number of carbonyl (C=O) groups excluding carboxylic acids is 1. The van der Waals surface area contributed by atoms with Crippen molar-refractivity contribution in [2.75, 3.05) is 11.9 Å². The molecule has 2 aromatic rings. The van der Waals surface area contributed by atoms with Gasteiger partial charge in [0.15, 0.2) is 0 Å². The summed E-state index contributed by atoms with van der Waals surface area (Å²) >= 11 is 1.54. The average Bonchev–Trinajstić information content (AvgIpc) is 2.81. The van der Waals surface area contributed by atoms with Crippen LogP contribution in [0, 0.1) is 0 Å². The molecule has 0 fully saturated rings. The van der Waals surface area contributed by atoms with Crippen LogP contribution < -0.4 is 15.8 Å². The first-order valence-corrected chi connectivity index (χ1v) is 6.86. The second-order valence-electron chi connectivity index (χ2n) is 4.21. The van der Waals surface area contributed by atoms with Gasteiger partial charge in [0.05, 0.1) is 24.4 Å². The molecule has 1 aromatic carbocycles. The van der Waals surface area contributed by atoms with Crippen molar-refractivity contribution < 1.29 is 9.53 Å². The molecule has 3 rings (SSSR count). The molecule has 0 saturated heterocycles. The van der Waals surface area contributed by atoms with E-state index in [1.54, 1.807) is 0 Å². The highest BCUT2D eigenvalue weighted by Gasteiger charge is 2.15. The SMILES string of the molecule is NCc1csc(-c2ccc3c(c2)NC(=O)CCO3)n1. The van der Waals surface area contributed by atoms with Crippen molar-refractivity contribution in [3.8, 4) is 16.3 Å². The quantitative estimate of drug-likeness (QED) is 0.878. The van der Waals surface area contributed by atoms with E-state index >= 15 is 0 Å². The Kier molecular flexibility index (Phi) is 3.18. The maximum absolute atomic E-state index is 11.5. The molecule has 0 atom stereocenters. The standard InChI is InChI=1S/C13H13N3O2S/c14-6-9-7-19-13(15-9)8-1-2-11-10(5-8)16-12(17)3-4-18-11/h1-2,5,7H,3-4,6,14H2,(H,16,17). The molecule has 0 radical (unpaired) electrons. The normalized spacial score (nSPS) is 14.3. The Hall–Kier alpha value is -1.92. The molecule has 6 heteroatoms. The summed E-state index contributed by atoms with van der Waals surface area (Å²) in [7, 11) is 0. The monoisotopic (exact) mass is 275 g/mol. The summed E-state index contributed by atoms with van der Waals surface area (Å²) in [6, 6.07) is 5.69. The van der Waals surface area contributed by atoms with Gasteiger partial charge >= 0.3 is 0 Å². The van der Waals surface area contributed by atoms with E-state index in [0.29, 0.717) is 31.0 Å². The molecule has 0 spiro atoms. The number of rotatable bonds is 2. The van der Waals surface area contributed by atoms with E-state index in [1.807, 2.05) is 23.6 Å². The fourth-order valence-electron chi connectivity index (χ4n) is 1.89. The lowest BCUT2D eigenvalue weighted by molar-refractivity contribution is -0.116. The molecule has 1 aliphatic rings. The Morgan fingerprint density at radius 1 is 1.47 bits per heavy atom. The first-order valence-electron chi connectivity index (χ1n) is 5.98. The highest BCUT2D eigenvalue weighted by atomic mass is 32.1. The van der Waals surface area contributed by atoms with E-state index in [1.165, 1.54) is 11.3 Å². The zero-order chi connectivity index (χ0) is 13.2. The Bertz CT molecular complexity index is 624. The molecule has 3 N–H and O–H groups in total. The number of aromatic nitrogens is 1. The van der Waals surface area contributed by atoms with Gasteiger partial charge in [-0.15, -0.1) is 11.3 Å². The maximum atomic E-state index is 11.5. The number of amides is 1. The number of hydrogen-bond acceptors (Lipinski definition) is 5. The molecule has 1 aliphatic heterocycles. The first-order chi connectivity index (χ1) is 9.26. The number of hydrogen-bond donors (Lipinski definition) is 2. The van der Waals surface area contributed by atoms with Crippen molar-refractivity contribution in [3.63, 3.8) is 0 Å². The van der Waals surface area contributed by atoms with Gasteiger partial charge in [-0.2, -0.15) is 0 Å². The Balaban J connectivity index is 1.98. The number of benzene rings is 1. The van der Waals surface area contributed by atoms with Gasteiger partial charge in [0.25, 0.3) is 0 Å². The Labute approximate surface area is 114 Å². The van der Waals surface area contributed by atoms with Crippen LogP contribution in [-0.2, 0) is 11.3 Å². The van der Waals surface area contributed by atoms with Crippen molar-refractivity contribution >= 4 is 22.9 Å². The summed E-state index contributed by atoms with van der Waals surface area (Å²) < 4.78 is 5.52. The molecular formula is C13H13N3O2S. The van der Waals surface area contributed by atoms with Crippen LogP contribution in [0.15, 0.2) is 23.6 Å². The molecule has 98 valence electrons. The van der Waals surface area contributed by atoms with Crippen LogP contribution in [0.3, 0.4) is 0 Å². The van der Waals surface area contributed by atoms with Crippen molar-refractivity contribution in [2.45, 2.75) is 13.0 Å². The lowest BCUT2D eigenvalue weighted by Gasteiger charge is -2.08. The van der Waals surface area contributed by atoms with E-state index in [4.69, 9.17) is 10.5 Å². The number of anilines is 1. The third-order valence-electron chi connectivity index (χ3n) is 2.85. The summed E-state index contributed by atoms with van der Waals surface area (Å²) in [5.74, 6) is 0.669. The van der Waals surface area contributed by atoms with Crippen LogP contribution in [0.4, 0.5) is 5.69 Å². The van der Waals surface area contributed by atoms with Crippen LogP contribution in [-0.4, -0.2) is 17.5 Å². The van der Waals surface area contributed by atoms with Crippen LogP contribution in [0.2, 0.25) is 0 Å². The Morgan fingerprint density at radius 2 is 2.37 bits per heavy atom. The van der Waals surface area contributed by atoms with Crippen molar-refractivity contribution in [1.82, 2.24) is 4.98 Å². The number of nitrogens with two attached hydrogens (primary N) is 1. The second kappa shape index (κ2) is 4.99. The highest BCUT2D eigenvalue weighted by Crippen LogP contribution is 2.33. The van der Waals surface area contributed by atoms with Gasteiger partial charge in [-0.05, 0) is 18.2 Å². The van der Waals surface area contributed by atoms with Crippen LogP contribution in [0.5, 0.6) is 5.75 Å². The van der Waals surface area contributed by atoms with Gasteiger partial charge in [0.2, 0.25) is 5.91 Å². The molecule has 2 heterocycles. The highest BCUT2D eigenvalue weighted by molar-refractivity contribution is 7.13. The van der Waals surface area contributed by atoms with Crippen LogP contribution in [0.25, 0.3) is 10.6 Å². The minimum Gasteiger partial charge on any atom is -0.491 e. The van der Waals surface area contributed by atoms with Gasteiger partial charge in [0, 0.05) is 17.5 Å². The van der Waals surface area contributed by atoms with Crippen molar-refractivity contribution in [2.24, 2.45) is 5.73 Å². The summed E-state index contributed by atoms with van der Waals surface area (Å²) in [6.07, 6.45) is 0.374. The smallest absolute Gasteiger partial charge is 0.227 e. The number of thiazole rings is 1. The van der Waals surface area contributed by atoms with E-state index in [-0.39, 0.29) is 5.91 Å². The van der Waals surface area contributed by atoms with Crippen molar-refractivity contribution in [3.05, 3.63) is 29.3 Å². The first kappa shape index (κ1) is 12.1. The number of carbonyl (C=O) groups is 1. The summed E-state index contributed by atoms with van der Waals surface area (Å²) in [5.41, 5.74) is 8.08. The molecule has 19 heavy (non-hydrogen) atoms. The van der Waals surface area contributed by atoms with E-state index < -0.39 is 0 Å². The van der Waals surface area contributed by atoms with Gasteiger partial charge in [-0.25, -0.2) is 4.98 Å². The topological polar surface area (TPSA) is 77.2 Å². The zero-order valence-corrected chi connectivity index (χ0v) is 11.0. The minimum absolute atomic E-state index is 0.0299. The van der Waals surface area contributed by atoms with Gasteiger partial charge in [-0.1, -0.05) is 0 Å². The predicted molar refractivity (Wildman–Crippen MR) is 74.2 cm³/mol. The van der Waals surface area contributed by atoms with E-state index in [9.17, 15) is 4.79 Å². The average molecular weight is 275 g/mol. The second-order valence-corrected chi connectivity index (χ2v) is 5.06. The number of ether oxygens (including phenoxy) is 1.